The van der Waals surface area contributed by atoms with E-state index in [1.54, 1.807) is 7.11 Å². The molecule has 0 aliphatic heterocycles. The lowest BCUT2D eigenvalue weighted by atomic mass is 10.3. The zero-order chi connectivity index (χ0) is 13.8. The van der Waals surface area contributed by atoms with Crippen molar-refractivity contribution in [3.05, 3.63) is 48.3 Å². The number of imidazole rings is 1. The Hall–Kier alpha value is -2.56. The van der Waals surface area contributed by atoms with Gasteiger partial charge in [0.25, 0.3) is 0 Å². The molecule has 2 heterocycles. The molecule has 0 bridgehead atoms. The molecule has 102 valence electrons. The smallest absolute Gasteiger partial charge is 0.215 e. The first-order chi connectivity index (χ1) is 9.85. The minimum atomic E-state index is 0.566. The molecule has 1 N–H and O–H groups in total. The maximum atomic E-state index is 5.65. The van der Waals surface area contributed by atoms with E-state index < -0.39 is 0 Å². The van der Waals surface area contributed by atoms with Gasteiger partial charge in [-0.15, -0.1) is 0 Å². The number of nitrogens with zero attached hydrogens (tertiary/aromatic N) is 2. The Bertz CT molecular complexity index is 695. The van der Waals surface area contributed by atoms with E-state index >= 15 is 0 Å². The molecular weight excluding hydrogens is 254 g/mol. The molecule has 0 radical (unpaired) electrons. The van der Waals surface area contributed by atoms with Gasteiger partial charge in [-0.25, -0.2) is 4.98 Å². The Balaban J connectivity index is 1.66. The van der Waals surface area contributed by atoms with Gasteiger partial charge >= 0.3 is 0 Å². The molecule has 2 aromatic heterocycles. The normalized spacial score (nSPS) is 10.7. The van der Waals surface area contributed by atoms with Crippen LogP contribution in [0.15, 0.2) is 42.5 Å². The molecule has 3 rings (SSSR count). The molecule has 1 aromatic carbocycles. The summed E-state index contributed by atoms with van der Waals surface area (Å²) in [6.45, 7) is 0.570. The Morgan fingerprint density at radius 2 is 1.90 bits per heavy atom. The van der Waals surface area contributed by atoms with Crippen molar-refractivity contribution in [3.8, 4) is 11.6 Å². The highest BCUT2D eigenvalue weighted by molar-refractivity contribution is 5.71. The summed E-state index contributed by atoms with van der Waals surface area (Å²) in [6.07, 6.45) is 0.702. The number of hydrogen-bond donors (Lipinski definition) is 1. The molecule has 0 atom stereocenters. The quantitative estimate of drug-likeness (QED) is 0.773. The lowest BCUT2D eigenvalue weighted by Crippen LogP contribution is -2.02. The predicted octanol–water partition coefficient (Wildman–Crippen LogP) is 2.59. The van der Waals surface area contributed by atoms with Gasteiger partial charge in [0.1, 0.15) is 11.6 Å². The van der Waals surface area contributed by atoms with Crippen LogP contribution in [0.4, 0.5) is 0 Å². The van der Waals surface area contributed by atoms with Crippen LogP contribution in [0.25, 0.3) is 11.2 Å². The minimum Gasteiger partial charge on any atom is -0.493 e. The first-order valence-corrected chi connectivity index (χ1v) is 6.42. The van der Waals surface area contributed by atoms with E-state index in [4.69, 9.17) is 9.47 Å². The van der Waals surface area contributed by atoms with Crippen molar-refractivity contribution in [2.45, 2.75) is 6.42 Å². The second-order valence-corrected chi connectivity index (χ2v) is 4.32. The van der Waals surface area contributed by atoms with Gasteiger partial charge in [-0.1, -0.05) is 18.2 Å². The summed E-state index contributed by atoms with van der Waals surface area (Å²) in [5.41, 5.74) is 1.57. The van der Waals surface area contributed by atoms with Gasteiger partial charge in [0.2, 0.25) is 5.88 Å². The van der Waals surface area contributed by atoms with E-state index in [1.165, 1.54) is 0 Å². The predicted molar refractivity (Wildman–Crippen MR) is 76.1 cm³/mol. The monoisotopic (exact) mass is 269 g/mol. The average Bonchev–Trinajstić information content (AvgIpc) is 2.90. The topological polar surface area (TPSA) is 60.0 Å². The maximum absolute atomic E-state index is 5.65. The number of H-pyrrole nitrogens is 1. The van der Waals surface area contributed by atoms with Crippen LogP contribution >= 0.6 is 0 Å². The fraction of sp³-hybridized carbons (Fsp3) is 0.200. The minimum absolute atomic E-state index is 0.566. The molecule has 0 fully saturated rings. The summed E-state index contributed by atoms with van der Waals surface area (Å²) < 4.78 is 10.7. The number of methoxy groups -OCH3 is 1. The largest absolute Gasteiger partial charge is 0.493 e. The second-order valence-electron chi connectivity index (χ2n) is 4.32. The second kappa shape index (κ2) is 5.61. The molecule has 0 saturated carbocycles. The van der Waals surface area contributed by atoms with Crippen molar-refractivity contribution in [1.29, 1.82) is 0 Å². The van der Waals surface area contributed by atoms with Gasteiger partial charge in [0, 0.05) is 12.5 Å². The maximum Gasteiger partial charge on any atom is 0.215 e. The summed E-state index contributed by atoms with van der Waals surface area (Å²) >= 11 is 0. The number of aromatic amines is 1. The molecule has 0 saturated heterocycles. The molecule has 0 unspecified atom stereocenters. The molecule has 0 aliphatic rings. The highest BCUT2D eigenvalue weighted by Crippen LogP contribution is 2.15. The van der Waals surface area contributed by atoms with Gasteiger partial charge in [-0.3, -0.25) is 0 Å². The van der Waals surface area contributed by atoms with Crippen LogP contribution < -0.4 is 9.47 Å². The van der Waals surface area contributed by atoms with Crippen LogP contribution in [-0.2, 0) is 6.42 Å². The van der Waals surface area contributed by atoms with Crippen LogP contribution in [0.3, 0.4) is 0 Å². The van der Waals surface area contributed by atoms with Gasteiger partial charge in [-0.05, 0) is 18.2 Å². The van der Waals surface area contributed by atoms with Crippen LogP contribution in [-0.4, -0.2) is 28.7 Å². The Morgan fingerprint density at radius 3 is 2.70 bits per heavy atom. The van der Waals surface area contributed by atoms with Crippen molar-refractivity contribution in [2.75, 3.05) is 13.7 Å². The third-order valence-electron chi connectivity index (χ3n) is 2.93. The van der Waals surface area contributed by atoms with Crippen molar-refractivity contribution >= 4 is 11.2 Å². The molecule has 0 aliphatic carbocycles. The van der Waals surface area contributed by atoms with Crippen molar-refractivity contribution < 1.29 is 9.47 Å². The summed E-state index contributed by atoms with van der Waals surface area (Å²) in [5, 5.41) is 0. The number of fused-ring (bicyclic) bond motifs is 1. The first kappa shape index (κ1) is 12.5. The standard InChI is InChI=1S/C15H15N3O2/c1-19-14-8-7-12-15(18-14)17-13(16-12)9-10-20-11-5-3-2-4-6-11/h2-8H,9-10H2,1H3,(H,16,17,18). The molecule has 20 heavy (non-hydrogen) atoms. The zero-order valence-corrected chi connectivity index (χ0v) is 11.2. The van der Waals surface area contributed by atoms with Gasteiger partial charge in [0.15, 0.2) is 5.65 Å². The fourth-order valence-corrected chi connectivity index (χ4v) is 1.94. The van der Waals surface area contributed by atoms with Crippen LogP contribution in [0, 0.1) is 0 Å². The van der Waals surface area contributed by atoms with Gasteiger partial charge < -0.3 is 14.5 Å². The number of aromatic nitrogens is 3. The molecule has 5 heteroatoms. The number of pyridine rings is 1. The molecular formula is C15H15N3O2. The van der Waals surface area contributed by atoms with Crippen LogP contribution in [0.1, 0.15) is 5.82 Å². The van der Waals surface area contributed by atoms with Gasteiger partial charge in [-0.2, -0.15) is 4.98 Å². The zero-order valence-electron chi connectivity index (χ0n) is 11.2. The number of nitrogens with one attached hydrogen (secondary N) is 1. The van der Waals surface area contributed by atoms with Gasteiger partial charge in [0.05, 0.1) is 19.2 Å². The third kappa shape index (κ3) is 2.71. The molecule has 0 spiro atoms. The SMILES string of the molecule is COc1ccc2[nH]c(CCOc3ccccc3)nc2n1. The Morgan fingerprint density at radius 1 is 1.05 bits per heavy atom. The van der Waals surface area contributed by atoms with E-state index in [1.807, 2.05) is 42.5 Å². The van der Waals surface area contributed by atoms with E-state index in [-0.39, 0.29) is 0 Å². The number of rotatable bonds is 5. The summed E-state index contributed by atoms with van der Waals surface area (Å²) in [6, 6.07) is 13.5. The summed E-state index contributed by atoms with van der Waals surface area (Å²) in [7, 11) is 1.59. The highest BCUT2D eigenvalue weighted by Gasteiger charge is 2.05. The van der Waals surface area contributed by atoms with Crippen molar-refractivity contribution in [3.63, 3.8) is 0 Å². The van der Waals surface area contributed by atoms with Crippen LogP contribution in [0.5, 0.6) is 11.6 Å². The van der Waals surface area contributed by atoms with E-state index in [9.17, 15) is 0 Å². The van der Waals surface area contributed by atoms with E-state index in [0.29, 0.717) is 24.6 Å². The first-order valence-electron chi connectivity index (χ1n) is 6.42. The van der Waals surface area contributed by atoms with Crippen molar-refractivity contribution in [1.82, 2.24) is 15.0 Å². The molecule has 0 amide bonds. The lowest BCUT2D eigenvalue weighted by Gasteiger charge is -2.03. The Labute approximate surface area is 116 Å². The Kier molecular flexibility index (Phi) is 3.50. The molecule has 5 nitrogen and oxygen atoms in total. The van der Waals surface area contributed by atoms with E-state index in [2.05, 4.69) is 15.0 Å². The third-order valence-corrected chi connectivity index (χ3v) is 2.93. The van der Waals surface area contributed by atoms with E-state index in [0.717, 1.165) is 17.1 Å². The molecule has 3 aromatic rings. The summed E-state index contributed by atoms with van der Waals surface area (Å²) in [5.74, 6) is 2.29. The lowest BCUT2D eigenvalue weighted by molar-refractivity contribution is 0.319. The number of para-hydroxylation sites is 1. The highest BCUT2D eigenvalue weighted by atomic mass is 16.5. The summed E-state index contributed by atoms with van der Waals surface area (Å²) in [4.78, 5) is 11.9. The number of hydrogen-bond acceptors (Lipinski definition) is 4. The van der Waals surface area contributed by atoms with Crippen molar-refractivity contribution in [2.24, 2.45) is 0 Å². The average molecular weight is 269 g/mol. The van der Waals surface area contributed by atoms with Crippen LogP contribution in [0.2, 0.25) is 0 Å². The fourth-order valence-electron chi connectivity index (χ4n) is 1.94. The number of ether oxygens (including phenoxy) is 2. The number of benzene rings is 1.